The van der Waals surface area contributed by atoms with Gasteiger partial charge >= 0.3 is 5.97 Å². The highest BCUT2D eigenvalue weighted by Crippen LogP contribution is 2.20. The Labute approximate surface area is 91.5 Å². The number of esters is 1. The number of rotatable bonds is 6. The number of ether oxygens (including phenoxy) is 1. The number of carbonyl (C=O) groups excluding carboxylic acids is 1. The average molecular weight is 254 g/mol. The molecular weight excluding hydrogens is 236 g/mol. The van der Waals surface area contributed by atoms with E-state index in [-0.39, 0.29) is 12.4 Å². The molecule has 0 aliphatic carbocycles. The van der Waals surface area contributed by atoms with Crippen molar-refractivity contribution >= 4 is 22.8 Å². The van der Waals surface area contributed by atoms with Gasteiger partial charge in [-0.3, -0.25) is 8.98 Å². The van der Waals surface area contributed by atoms with Crippen molar-refractivity contribution in [2.75, 3.05) is 13.7 Å². The van der Waals surface area contributed by atoms with Crippen molar-refractivity contribution in [1.29, 1.82) is 0 Å². The standard InChI is InChI=1S/C8H18O5SSi/c1-5-13-8(9)6-7-15(3,4)14(10,11)12-2/h5-7H2,1-4H3. The normalized spacial score (nSPS) is 12.5. The molecule has 7 heteroatoms. The third kappa shape index (κ3) is 4.31. The molecule has 0 rings (SSSR count). The Morgan fingerprint density at radius 2 is 1.87 bits per heavy atom. The van der Waals surface area contributed by atoms with Gasteiger partial charge in [0.1, 0.15) is 0 Å². The van der Waals surface area contributed by atoms with Gasteiger partial charge in [0.05, 0.1) is 13.7 Å². The van der Waals surface area contributed by atoms with Crippen LogP contribution < -0.4 is 0 Å². The van der Waals surface area contributed by atoms with E-state index in [2.05, 4.69) is 4.18 Å². The molecule has 0 spiro atoms. The van der Waals surface area contributed by atoms with Crippen LogP contribution in [0.5, 0.6) is 0 Å². The van der Waals surface area contributed by atoms with E-state index in [9.17, 15) is 13.2 Å². The third-order valence-electron chi connectivity index (χ3n) is 2.13. The zero-order chi connectivity index (χ0) is 12.1. The van der Waals surface area contributed by atoms with Crippen molar-refractivity contribution in [2.24, 2.45) is 0 Å². The topological polar surface area (TPSA) is 69.7 Å². The van der Waals surface area contributed by atoms with Crippen LogP contribution in [-0.2, 0) is 23.3 Å². The fourth-order valence-electron chi connectivity index (χ4n) is 0.987. The molecule has 0 aliphatic heterocycles. The molecule has 0 aromatic rings. The Morgan fingerprint density at radius 3 is 2.27 bits per heavy atom. The Morgan fingerprint density at radius 1 is 1.33 bits per heavy atom. The molecule has 0 radical (unpaired) electrons. The summed E-state index contributed by atoms with van der Waals surface area (Å²) in [6, 6.07) is 0.321. The molecule has 0 atom stereocenters. The molecule has 0 aromatic carbocycles. The van der Waals surface area contributed by atoms with E-state index in [0.717, 1.165) is 7.11 Å². The smallest absolute Gasteiger partial charge is 0.305 e. The van der Waals surface area contributed by atoms with Crippen molar-refractivity contribution in [3.63, 3.8) is 0 Å². The van der Waals surface area contributed by atoms with Crippen LogP contribution in [-0.4, -0.2) is 35.3 Å². The highest BCUT2D eigenvalue weighted by Gasteiger charge is 2.38. The molecular formula is C8H18O5SSi. The molecule has 5 nitrogen and oxygen atoms in total. The largest absolute Gasteiger partial charge is 0.466 e. The summed E-state index contributed by atoms with van der Waals surface area (Å²) in [5.74, 6) is -0.357. The minimum absolute atomic E-state index is 0.135. The van der Waals surface area contributed by atoms with E-state index in [1.807, 2.05) is 0 Å². The highest BCUT2D eigenvalue weighted by molar-refractivity contribution is 8.18. The second kappa shape index (κ2) is 5.62. The van der Waals surface area contributed by atoms with Crippen LogP contribution in [0, 0.1) is 0 Å². The Balaban J connectivity index is 4.34. The van der Waals surface area contributed by atoms with Crippen molar-refractivity contribution < 1.29 is 22.1 Å². The second-order valence-electron chi connectivity index (χ2n) is 3.69. The molecule has 0 aliphatic rings. The summed E-state index contributed by atoms with van der Waals surface area (Å²) < 4.78 is 32.2. The number of carbonyl (C=O) groups is 1. The number of hydrogen-bond acceptors (Lipinski definition) is 5. The molecule has 0 heterocycles. The fraction of sp³-hybridized carbons (Fsp3) is 0.875. The summed E-state index contributed by atoms with van der Waals surface area (Å²) in [5, 5.41) is 0. The van der Waals surface area contributed by atoms with E-state index >= 15 is 0 Å². The van der Waals surface area contributed by atoms with Crippen LogP contribution >= 0.6 is 0 Å². The molecule has 0 amide bonds. The van der Waals surface area contributed by atoms with Crippen LogP contribution in [0.25, 0.3) is 0 Å². The quantitative estimate of drug-likeness (QED) is 0.525. The molecule has 0 bridgehead atoms. The molecule has 0 unspecified atom stereocenters. The number of hydrogen-bond donors (Lipinski definition) is 0. The van der Waals surface area contributed by atoms with E-state index in [1.165, 1.54) is 0 Å². The zero-order valence-electron chi connectivity index (χ0n) is 9.57. The highest BCUT2D eigenvalue weighted by atomic mass is 32.4. The van der Waals surface area contributed by atoms with Gasteiger partial charge < -0.3 is 4.74 Å². The summed E-state index contributed by atoms with van der Waals surface area (Å²) in [4.78, 5) is 11.1. The predicted octanol–water partition coefficient (Wildman–Crippen LogP) is 1.12. The first-order valence-electron chi connectivity index (χ1n) is 4.72. The summed E-state index contributed by atoms with van der Waals surface area (Å²) in [6.45, 7) is 5.35. The maximum absolute atomic E-state index is 11.5. The van der Waals surface area contributed by atoms with E-state index in [4.69, 9.17) is 4.74 Å². The second-order valence-corrected chi connectivity index (χ2v) is 13.8. The van der Waals surface area contributed by atoms with E-state index in [1.54, 1.807) is 20.0 Å². The summed E-state index contributed by atoms with van der Waals surface area (Å²) in [7, 11) is -4.90. The lowest BCUT2D eigenvalue weighted by Crippen LogP contribution is -2.38. The molecule has 0 saturated heterocycles. The van der Waals surface area contributed by atoms with Gasteiger partial charge in [-0.2, -0.15) is 0 Å². The first kappa shape index (κ1) is 14.6. The fourth-order valence-corrected chi connectivity index (χ4v) is 4.90. The van der Waals surface area contributed by atoms with E-state index < -0.39 is 16.8 Å². The molecule has 0 N–H and O–H groups in total. The van der Waals surface area contributed by atoms with Gasteiger partial charge in [0, 0.05) is 6.42 Å². The summed E-state index contributed by atoms with van der Waals surface area (Å²) >= 11 is 0. The van der Waals surface area contributed by atoms with Crippen LogP contribution in [0.1, 0.15) is 13.3 Å². The predicted molar refractivity (Wildman–Crippen MR) is 59.5 cm³/mol. The van der Waals surface area contributed by atoms with Crippen LogP contribution in [0.15, 0.2) is 0 Å². The van der Waals surface area contributed by atoms with Crippen molar-refractivity contribution in [3.05, 3.63) is 0 Å². The Hall–Kier alpha value is -0.403. The molecule has 90 valence electrons. The SMILES string of the molecule is CCOC(=O)CC[Si](C)(C)S(=O)(=O)OC. The lowest BCUT2D eigenvalue weighted by atomic mass is 10.5. The first-order valence-corrected chi connectivity index (χ1v) is 10.1. The van der Waals surface area contributed by atoms with Crippen molar-refractivity contribution in [3.8, 4) is 0 Å². The van der Waals surface area contributed by atoms with Crippen LogP contribution in [0.4, 0.5) is 0 Å². The monoisotopic (exact) mass is 254 g/mol. The van der Waals surface area contributed by atoms with Crippen LogP contribution in [0.3, 0.4) is 0 Å². The Bertz CT molecular complexity index is 309. The van der Waals surface area contributed by atoms with Crippen LogP contribution in [0.2, 0.25) is 19.1 Å². The summed E-state index contributed by atoms with van der Waals surface area (Å²) in [6.07, 6.45) is 0.135. The van der Waals surface area contributed by atoms with Gasteiger partial charge in [0.25, 0.3) is 0 Å². The lowest BCUT2D eigenvalue weighted by molar-refractivity contribution is -0.142. The minimum Gasteiger partial charge on any atom is -0.466 e. The van der Waals surface area contributed by atoms with Gasteiger partial charge in [-0.15, -0.1) is 0 Å². The van der Waals surface area contributed by atoms with Crippen molar-refractivity contribution in [2.45, 2.75) is 32.5 Å². The third-order valence-corrected chi connectivity index (χ3v) is 10.6. The minimum atomic E-state index is -3.48. The maximum atomic E-state index is 11.5. The Kier molecular flexibility index (Phi) is 5.47. The summed E-state index contributed by atoms with van der Waals surface area (Å²) in [5.41, 5.74) is 0. The zero-order valence-corrected chi connectivity index (χ0v) is 11.4. The van der Waals surface area contributed by atoms with Crippen molar-refractivity contribution in [1.82, 2.24) is 0 Å². The average Bonchev–Trinajstić information content (AvgIpc) is 2.15. The van der Waals surface area contributed by atoms with Gasteiger partial charge in [0.2, 0.25) is 16.8 Å². The van der Waals surface area contributed by atoms with Gasteiger partial charge in [0.15, 0.2) is 0 Å². The molecule has 0 aromatic heterocycles. The molecule has 0 saturated carbocycles. The van der Waals surface area contributed by atoms with Gasteiger partial charge in [-0.05, 0) is 13.0 Å². The van der Waals surface area contributed by atoms with E-state index in [0.29, 0.717) is 12.7 Å². The van der Waals surface area contributed by atoms with Gasteiger partial charge in [-0.1, -0.05) is 13.1 Å². The molecule has 15 heavy (non-hydrogen) atoms. The lowest BCUT2D eigenvalue weighted by Gasteiger charge is -2.19. The maximum Gasteiger partial charge on any atom is 0.305 e. The molecule has 0 fully saturated rings. The van der Waals surface area contributed by atoms with Gasteiger partial charge in [-0.25, -0.2) is 8.42 Å². The first-order chi connectivity index (χ1) is 6.77.